The number of urea groups is 1. The van der Waals surface area contributed by atoms with E-state index < -0.39 is 0 Å². The van der Waals surface area contributed by atoms with Crippen LogP contribution in [0.25, 0.3) is 0 Å². The first-order chi connectivity index (χ1) is 10.8. The van der Waals surface area contributed by atoms with Crippen molar-refractivity contribution in [2.24, 2.45) is 0 Å². The van der Waals surface area contributed by atoms with Crippen molar-refractivity contribution in [1.82, 2.24) is 20.0 Å². The Bertz CT molecular complexity index is 492. The van der Waals surface area contributed by atoms with Crippen LogP contribution < -0.4 is 15.5 Å². The molecule has 0 atom stereocenters. The Balaban J connectivity index is 1.53. The summed E-state index contributed by atoms with van der Waals surface area (Å²) in [6.45, 7) is 1.88. The van der Waals surface area contributed by atoms with Crippen molar-refractivity contribution < 1.29 is 4.79 Å². The van der Waals surface area contributed by atoms with Gasteiger partial charge in [0, 0.05) is 43.6 Å². The molecule has 1 aliphatic heterocycles. The number of nitrogens with zero attached hydrogens (tertiary/aromatic N) is 3. The largest absolute Gasteiger partial charge is 0.347 e. The minimum absolute atomic E-state index is 0.0889. The van der Waals surface area contributed by atoms with E-state index in [1.807, 2.05) is 0 Å². The van der Waals surface area contributed by atoms with Crippen molar-refractivity contribution in [3.05, 3.63) is 5.82 Å². The van der Waals surface area contributed by atoms with Crippen LogP contribution in [0.4, 0.5) is 9.93 Å². The summed E-state index contributed by atoms with van der Waals surface area (Å²) in [6, 6.07) is 0.177. The highest BCUT2D eigenvalue weighted by Crippen LogP contribution is 2.33. The molecule has 1 aliphatic carbocycles. The summed E-state index contributed by atoms with van der Waals surface area (Å²) in [5.41, 5.74) is 0. The second-order valence-corrected chi connectivity index (χ2v) is 6.99. The van der Waals surface area contributed by atoms with Crippen LogP contribution in [0, 0.1) is 0 Å². The monoisotopic (exact) mass is 323 g/mol. The first-order valence-electron chi connectivity index (χ1n) is 8.33. The summed E-state index contributed by atoms with van der Waals surface area (Å²) in [6.07, 6.45) is 8.41. The molecule has 7 heteroatoms. The minimum Gasteiger partial charge on any atom is -0.347 e. The first kappa shape index (κ1) is 15.5. The van der Waals surface area contributed by atoms with E-state index in [9.17, 15) is 4.79 Å². The maximum Gasteiger partial charge on any atom is 0.314 e. The summed E-state index contributed by atoms with van der Waals surface area (Å²) in [5.74, 6) is 1.64. The number of hydrogen-bond acceptors (Lipinski definition) is 5. The molecule has 6 nitrogen and oxygen atoms in total. The lowest BCUT2D eigenvalue weighted by molar-refractivity contribution is 0.236. The summed E-state index contributed by atoms with van der Waals surface area (Å²) >= 11 is 1.53. The van der Waals surface area contributed by atoms with E-state index in [1.54, 1.807) is 7.05 Å². The Kier molecular flexibility index (Phi) is 5.12. The fraction of sp³-hybridized carbons (Fsp3) is 0.800. The van der Waals surface area contributed by atoms with E-state index in [0.29, 0.717) is 5.92 Å². The zero-order valence-electron chi connectivity index (χ0n) is 13.2. The molecule has 0 spiro atoms. The molecule has 122 valence electrons. The van der Waals surface area contributed by atoms with Gasteiger partial charge in [0.05, 0.1) is 0 Å². The number of anilines is 1. The molecule has 3 rings (SSSR count). The smallest absolute Gasteiger partial charge is 0.314 e. The third-order valence-electron chi connectivity index (χ3n) is 4.73. The van der Waals surface area contributed by atoms with Gasteiger partial charge in [0.25, 0.3) is 0 Å². The number of carbonyl (C=O) groups is 1. The van der Waals surface area contributed by atoms with Gasteiger partial charge in [0.1, 0.15) is 5.82 Å². The normalized spacial score (nSPS) is 20.9. The Hall–Kier alpha value is -1.37. The molecule has 0 radical (unpaired) electrons. The van der Waals surface area contributed by atoms with E-state index in [2.05, 4.69) is 19.9 Å². The minimum atomic E-state index is -0.0889. The molecule has 2 heterocycles. The van der Waals surface area contributed by atoms with Crippen LogP contribution in [0.3, 0.4) is 0 Å². The van der Waals surface area contributed by atoms with Gasteiger partial charge in [-0.1, -0.05) is 19.3 Å². The number of nitrogens with one attached hydrogen (secondary N) is 2. The van der Waals surface area contributed by atoms with Crippen LogP contribution >= 0.6 is 11.5 Å². The van der Waals surface area contributed by atoms with Crippen molar-refractivity contribution in [3.8, 4) is 0 Å². The highest BCUT2D eigenvalue weighted by atomic mass is 32.1. The van der Waals surface area contributed by atoms with Gasteiger partial charge in [0.2, 0.25) is 5.13 Å². The molecule has 2 aliphatic rings. The quantitative estimate of drug-likeness (QED) is 0.896. The lowest BCUT2D eigenvalue weighted by Gasteiger charge is -2.31. The zero-order chi connectivity index (χ0) is 15.4. The molecule has 1 aromatic rings. The number of piperidine rings is 1. The molecule has 1 saturated heterocycles. The summed E-state index contributed by atoms with van der Waals surface area (Å²) in [5, 5.41) is 6.65. The molecule has 2 N–H and O–H groups in total. The molecule has 1 aromatic heterocycles. The van der Waals surface area contributed by atoms with Gasteiger partial charge in [-0.25, -0.2) is 9.78 Å². The molecular formula is C15H25N5OS. The lowest BCUT2D eigenvalue weighted by atomic mass is 9.89. The van der Waals surface area contributed by atoms with E-state index in [1.165, 1.54) is 43.6 Å². The maximum atomic E-state index is 11.4. The average Bonchev–Trinajstić information content (AvgIpc) is 3.06. The lowest BCUT2D eigenvalue weighted by Crippen LogP contribution is -2.47. The van der Waals surface area contributed by atoms with E-state index >= 15 is 0 Å². The van der Waals surface area contributed by atoms with Gasteiger partial charge in [-0.05, 0) is 25.7 Å². The number of hydrogen-bond donors (Lipinski definition) is 2. The molecule has 2 amide bonds. The Morgan fingerprint density at radius 3 is 2.59 bits per heavy atom. The topological polar surface area (TPSA) is 70.2 Å². The van der Waals surface area contributed by atoms with Crippen LogP contribution in [0.1, 0.15) is 56.7 Å². The van der Waals surface area contributed by atoms with E-state index in [-0.39, 0.29) is 12.1 Å². The molecule has 22 heavy (non-hydrogen) atoms. The third kappa shape index (κ3) is 3.69. The standard InChI is InChI=1S/C15H25N5OS/c1-16-14(21)17-12-7-9-20(10-8-12)15-18-13(19-22-15)11-5-3-2-4-6-11/h11-12H,2-10H2,1H3,(H2,16,17,21). The Morgan fingerprint density at radius 2 is 1.91 bits per heavy atom. The van der Waals surface area contributed by atoms with Crippen LogP contribution in [0.2, 0.25) is 0 Å². The predicted molar refractivity (Wildman–Crippen MR) is 88.6 cm³/mol. The van der Waals surface area contributed by atoms with Crippen molar-refractivity contribution in [3.63, 3.8) is 0 Å². The van der Waals surface area contributed by atoms with Crippen molar-refractivity contribution >= 4 is 22.7 Å². The fourth-order valence-electron chi connectivity index (χ4n) is 3.35. The molecular weight excluding hydrogens is 298 g/mol. The summed E-state index contributed by atoms with van der Waals surface area (Å²) in [4.78, 5) is 18.5. The van der Waals surface area contributed by atoms with E-state index in [0.717, 1.165) is 36.9 Å². The average molecular weight is 323 g/mol. The van der Waals surface area contributed by atoms with E-state index in [4.69, 9.17) is 4.98 Å². The van der Waals surface area contributed by atoms with Gasteiger partial charge < -0.3 is 15.5 Å². The predicted octanol–water partition coefficient (Wildman–Crippen LogP) is 2.48. The number of carbonyl (C=O) groups excluding carboxylic acids is 1. The van der Waals surface area contributed by atoms with Gasteiger partial charge in [-0.2, -0.15) is 4.37 Å². The third-order valence-corrected chi connectivity index (χ3v) is 5.52. The second-order valence-electron chi connectivity index (χ2n) is 6.25. The number of amides is 2. The Labute approximate surface area is 135 Å². The van der Waals surface area contributed by atoms with Gasteiger partial charge >= 0.3 is 6.03 Å². The summed E-state index contributed by atoms with van der Waals surface area (Å²) in [7, 11) is 1.65. The number of aromatic nitrogens is 2. The molecule has 2 fully saturated rings. The van der Waals surface area contributed by atoms with Crippen LogP contribution in [-0.4, -0.2) is 41.6 Å². The van der Waals surface area contributed by atoms with Crippen LogP contribution in [0.15, 0.2) is 0 Å². The molecule has 1 saturated carbocycles. The van der Waals surface area contributed by atoms with Gasteiger partial charge in [0.15, 0.2) is 0 Å². The molecule has 0 unspecified atom stereocenters. The fourth-order valence-corrected chi connectivity index (χ4v) is 4.15. The highest BCUT2D eigenvalue weighted by Gasteiger charge is 2.25. The van der Waals surface area contributed by atoms with Crippen LogP contribution in [0.5, 0.6) is 0 Å². The Morgan fingerprint density at radius 1 is 1.18 bits per heavy atom. The second kappa shape index (κ2) is 7.26. The van der Waals surface area contributed by atoms with Gasteiger partial charge in [-0.15, -0.1) is 0 Å². The number of rotatable bonds is 3. The highest BCUT2D eigenvalue weighted by molar-refractivity contribution is 7.09. The SMILES string of the molecule is CNC(=O)NC1CCN(c2nc(C3CCCCC3)ns2)CC1. The first-order valence-corrected chi connectivity index (χ1v) is 9.10. The van der Waals surface area contributed by atoms with Crippen molar-refractivity contribution in [2.75, 3.05) is 25.0 Å². The van der Waals surface area contributed by atoms with Crippen LogP contribution in [-0.2, 0) is 0 Å². The zero-order valence-corrected chi connectivity index (χ0v) is 14.0. The summed E-state index contributed by atoms with van der Waals surface area (Å²) < 4.78 is 4.60. The molecule has 0 aromatic carbocycles. The van der Waals surface area contributed by atoms with Crippen molar-refractivity contribution in [2.45, 2.75) is 56.9 Å². The molecule has 0 bridgehead atoms. The van der Waals surface area contributed by atoms with Crippen molar-refractivity contribution in [1.29, 1.82) is 0 Å². The maximum absolute atomic E-state index is 11.4. The van der Waals surface area contributed by atoms with Gasteiger partial charge in [-0.3, -0.25) is 0 Å².